The summed E-state index contributed by atoms with van der Waals surface area (Å²) in [6.07, 6.45) is 4.51. The summed E-state index contributed by atoms with van der Waals surface area (Å²) in [5.41, 5.74) is 4.67. The van der Waals surface area contributed by atoms with E-state index in [9.17, 15) is 9.59 Å². The molecule has 0 radical (unpaired) electrons. The number of piperidine rings is 1. The number of aromatic nitrogens is 2. The molecule has 3 aromatic carbocycles. The lowest BCUT2D eigenvalue weighted by Gasteiger charge is -2.32. The molecule has 1 N–H and O–H groups in total. The number of carbonyl (C=O) groups excluding carboxylic acids is 2. The maximum atomic E-state index is 13.1. The zero-order chi connectivity index (χ0) is 27.4. The number of fused-ring (bicyclic) bond motifs is 1. The van der Waals surface area contributed by atoms with Crippen LogP contribution in [0.25, 0.3) is 10.9 Å². The summed E-state index contributed by atoms with van der Waals surface area (Å²) in [5.74, 6) is 1.89. The third-order valence-corrected chi connectivity index (χ3v) is 7.55. The van der Waals surface area contributed by atoms with E-state index in [2.05, 4.69) is 22.5 Å². The SMILES string of the molecule is COc1ccc(OC)c(CCC(=O)Nc2ccc(C3CCN(C(=O)c4ccc5c(cnn5C)c4)CC3)cc2)c1. The van der Waals surface area contributed by atoms with Crippen molar-refractivity contribution >= 4 is 28.4 Å². The van der Waals surface area contributed by atoms with E-state index in [4.69, 9.17) is 9.47 Å². The first-order valence-electron chi connectivity index (χ1n) is 13.3. The van der Waals surface area contributed by atoms with Gasteiger partial charge >= 0.3 is 0 Å². The topological polar surface area (TPSA) is 85.7 Å². The van der Waals surface area contributed by atoms with E-state index < -0.39 is 0 Å². The van der Waals surface area contributed by atoms with Crippen molar-refractivity contribution in [2.75, 3.05) is 32.6 Å². The summed E-state index contributed by atoms with van der Waals surface area (Å²) in [5, 5.41) is 8.24. The minimum absolute atomic E-state index is 0.0519. The van der Waals surface area contributed by atoms with Crippen molar-refractivity contribution in [1.29, 1.82) is 0 Å². The van der Waals surface area contributed by atoms with Crippen molar-refractivity contribution in [3.05, 3.63) is 83.6 Å². The molecule has 0 unspecified atom stereocenters. The highest BCUT2D eigenvalue weighted by atomic mass is 16.5. The molecule has 2 amide bonds. The Kier molecular flexibility index (Phi) is 7.81. The molecular weight excluding hydrogens is 492 g/mol. The van der Waals surface area contributed by atoms with Gasteiger partial charge in [0.2, 0.25) is 5.91 Å². The first-order chi connectivity index (χ1) is 18.9. The van der Waals surface area contributed by atoms with Gasteiger partial charge in [0.05, 0.1) is 25.9 Å². The fourth-order valence-electron chi connectivity index (χ4n) is 5.28. The van der Waals surface area contributed by atoms with E-state index in [1.54, 1.807) is 20.4 Å². The lowest BCUT2D eigenvalue weighted by atomic mass is 9.89. The van der Waals surface area contributed by atoms with Crippen LogP contribution in [0.4, 0.5) is 5.69 Å². The van der Waals surface area contributed by atoms with Gasteiger partial charge in [0.15, 0.2) is 0 Å². The Hall–Kier alpha value is -4.33. The van der Waals surface area contributed by atoms with Crippen LogP contribution in [-0.4, -0.2) is 53.8 Å². The Bertz CT molecular complexity index is 1470. The standard InChI is InChI=1S/C31H34N4O4/c1-34-28-11-6-24(18-25(28)20-32-34)31(37)35-16-14-22(15-17-35)21-4-8-26(9-5-21)33-30(36)13-7-23-19-27(38-2)10-12-29(23)39-3/h4-6,8-12,18-20,22H,7,13-17H2,1-3H3,(H,33,36). The predicted octanol–water partition coefficient (Wildman–Crippen LogP) is 5.18. The number of rotatable bonds is 8. The highest BCUT2D eigenvalue weighted by Crippen LogP contribution is 2.30. The van der Waals surface area contributed by atoms with E-state index in [1.165, 1.54) is 5.56 Å². The maximum Gasteiger partial charge on any atom is 0.253 e. The summed E-state index contributed by atoms with van der Waals surface area (Å²) in [6.45, 7) is 1.45. The van der Waals surface area contributed by atoms with E-state index >= 15 is 0 Å². The number of methoxy groups -OCH3 is 2. The highest BCUT2D eigenvalue weighted by molar-refractivity contribution is 5.98. The van der Waals surface area contributed by atoms with E-state index in [-0.39, 0.29) is 11.8 Å². The lowest BCUT2D eigenvalue weighted by molar-refractivity contribution is -0.116. The van der Waals surface area contributed by atoms with Crippen LogP contribution in [0.1, 0.15) is 46.7 Å². The second kappa shape index (κ2) is 11.6. The monoisotopic (exact) mass is 526 g/mol. The summed E-state index contributed by atoms with van der Waals surface area (Å²) >= 11 is 0. The zero-order valence-corrected chi connectivity index (χ0v) is 22.6. The lowest BCUT2D eigenvalue weighted by Crippen LogP contribution is -2.37. The van der Waals surface area contributed by atoms with Crippen LogP contribution in [0.3, 0.4) is 0 Å². The smallest absolute Gasteiger partial charge is 0.253 e. The molecule has 1 aliphatic heterocycles. The average Bonchev–Trinajstić information content (AvgIpc) is 3.35. The number of hydrogen-bond donors (Lipinski definition) is 1. The van der Waals surface area contributed by atoms with Crippen LogP contribution in [0.15, 0.2) is 66.9 Å². The van der Waals surface area contributed by atoms with Crippen LogP contribution in [0.5, 0.6) is 11.5 Å². The van der Waals surface area contributed by atoms with Gasteiger partial charge in [0.25, 0.3) is 5.91 Å². The zero-order valence-electron chi connectivity index (χ0n) is 22.6. The van der Waals surface area contributed by atoms with Crippen molar-refractivity contribution in [2.45, 2.75) is 31.6 Å². The number of aryl methyl sites for hydroxylation is 2. The fourth-order valence-corrected chi connectivity index (χ4v) is 5.28. The number of likely N-dealkylation sites (tertiary alicyclic amines) is 1. The molecule has 0 atom stereocenters. The maximum absolute atomic E-state index is 13.1. The Morgan fingerprint density at radius 2 is 1.74 bits per heavy atom. The third kappa shape index (κ3) is 5.90. The Morgan fingerprint density at radius 3 is 2.46 bits per heavy atom. The predicted molar refractivity (Wildman–Crippen MR) is 152 cm³/mol. The number of hydrogen-bond acceptors (Lipinski definition) is 5. The summed E-state index contributed by atoms with van der Waals surface area (Å²) in [4.78, 5) is 27.6. The van der Waals surface area contributed by atoms with Gasteiger partial charge in [-0.3, -0.25) is 14.3 Å². The molecule has 1 saturated heterocycles. The van der Waals surface area contributed by atoms with E-state index in [0.29, 0.717) is 24.3 Å². The first-order valence-corrected chi connectivity index (χ1v) is 13.3. The van der Waals surface area contributed by atoms with Crippen molar-refractivity contribution in [3.8, 4) is 11.5 Å². The number of carbonyl (C=O) groups is 2. The minimum atomic E-state index is -0.0519. The number of amides is 2. The molecule has 2 heterocycles. The van der Waals surface area contributed by atoms with Crippen LogP contribution < -0.4 is 14.8 Å². The molecule has 0 spiro atoms. The van der Waals surface area contributed by atoms with Crippen molar-refractivity contribution in [1.82, 2.24) is 14.7 Å². The molecule has 1 aromatic heterocycles. The van der Waals surface area contributed by atoms with E-state index in [0.717, 1.165) is 59.6 Å². The fraction of sp³-hybridized carbons (Fsp3) is 0.323. The van der Waals surface area contributed by atoms with Crippen LogP contribution >= 0.6 is 0 Å². The molecule has 0 aliphatic carbocycles. The normalized spacial score (nSPS) is 13.9. The molecule has 8 nitrogen and oxygen atoms in total. The van der Waals surface area contributed by atoms with Gasteiger partial charge < -0.3 is 19.7 Å². The molecule has 0 saturated carbocycles. The summed E-state index contributed by atoms with van der Waals surface area (Å²) in [7, 11) is 5.14. The molecule has 5 rings (SSSR count). The van der Waals surface area contributed by atoms with E-state index in [1.807, 2.05) is 65.2 Å². The quantitative estimate of drug-likeness (QED) is 0.342. The second-order valence-corrected chi connectivity index (χ2v) is 9.96. The number of anilines is 1. The molecule has 8 heteroatoms. The molecule has 0 bridgehead atoms. The number of benzene rings is 3. The average molecular weight is 527 g/mol. The van der Waals surface area contributed by atoms with Gasteiger partial charge in [-0.2, -0.15) is 5.10 Å². The van der Waals surface area contributed by atoms with Gasteiger partial charge in [0, 0.05) is 43.2 Å². The molecule has 1 fully saturated rings. The van der Waals surface area contributed by atoms with Gasteiger partial charge in [-0.25, -0.2) is 0 Å². The molecule has 4 aromatic rings. The molecule has 39 heavy (non-hydrogen) atoms. The third-order valence-electron chi connectivity index (χ3n) is 7.55. The summed E-state index contributed by atoms with van der Waals surface area (Å²) in [6, 6.07) is 19.5. The molecule has 202 valence electrons. The molecular formula is C31H34N4O4. The van der Waals surface area contributed by atoms with Crippen molar-refractivity contribution in [2.24, 2.45) is 7.05 Å². The van der Waals surface area contributed by atoms with Gasteiger partial charge in [0.1, 0.15) is 11.5 Å². The Labute approximate surface area is 228 Å². The molecule has 1 aliphatic rings. The Balaban J connectivity index is 1.12. The van der Waals surface area contributed by atoms with Gasteiger partial charge in [-0.05, 0) is 84.8 Å². The van der Waals surface area contributed by atoms with Gasteiger partial charge in [-0.15, -0.1) is 0 Å². The number of nitrogens with one attached hydrogen (secondary N) is 1. The van der Waals surface area contributed by atoms with Crippen LogP contribution in [0.2, 0.25) is 0 Å². The minimum Gasteiger partial charge on any atom is -0.497 e. The highest BCUT2D eigenvalue weighted by Gasteiger charge is 2.25. The number of nitrogens with zero attached hydrogens (tertiary/aromatic N) is 3. The second-order valence-electron chi connectivity index (χ2n) is 9.96. The van der Waals surface area contributed by atoms with Crippen molar-refractivity contribution < 1.29 is 19.1 Å². The van der Waals surface area contributed by atoms with Gasteiger partial charge in [-0.1, -0.05) is 12.1 Å². The van der Waals surface area contributed by atoms with Crippen LogP contribution in [-0.2, 0) is 18.3 Å². The van der Waals surface area contributed by atoms with Crippen LogP contribution in [0, 0.1) is 0 Å². The summed E-state index contributed by atoms with van der Waals surface area (Å²) < 4.78 is 12.5. The Morgan fingerprint density at radius 1 is 0.974 bits per heavy atom. The first kappa shape index (κ1) is 26.3. The van der Waals surface area contributed by atoms with Crippen molar-refractivity contribution in [3.63, 3.8) is 0 Å². The number of ether oxygens (including phenoxy) is 2. The largest absolute Gasteiger partial charge is 0.497 e.